The van der Waals surface area contributed by atoms with Crippen molar-refractivity contribution in [1.82, 2.24) is 0 Å². The van der Waals surface area contributed by atoms with Crippen molar-refractivity contribution in [2.45, 2.75) is 18.7 Å². The number of hydrogen-bond acceptors (Lipinski definition) is 5. The predicted molar refractivity (Wildman–Crippen MR) is 86.2 cm³/mol. The third kappa shape index (κ3) is 3.62. The molecule has 0 saturated carbocycles. The molecule has 6 nitrogen and oxygen atoms in total. The van der Waals surface area contributed by atoms with E-state index in [1.807, 2.05) is 6.92 Å². The maximum absolute atomic E-state index is 12.4. The van der Waals surface area contributed by atoms with E-state index in [-0.39, 0.29) is 21.9 Å². The van der Waals surface area contributed by atoms with Crippen LogP contribution in [0, 0.1) is 13.8 Å². The number of rotatable bonds is 4. The monoisotopic (exact) mass is 335 g/mol. The number of nitrogens with one attached hydrogen (secondary N) is 1. The molecule has 122 valence electrons. The Morgan fingerprint density at radius 3 is 2.39 bits per heavy atom. The van der Waals surface area contributed by atoms with Gasteiger partial charge in [0.15, 0.2) is 0 Å². The van der Waals surface area contributed by atoms with Crippen LogP contribution in [0.2, 0.25) is 0 Å². The Labute approximate surface area is 134 Å². The lowest BCUT2D eigenvalue weighted by molar-refractivity contribution is 0.0600. The van der Waals surface area contributed by atoms with E-state index in [0.29, 0.717) is 5.56 Å². The number of carbonyl (C=O) groups is 1. The van der Waals surface area contributed by atoms with Crippen LogP contribution in [0.1, 0.15) is 21.5 Å². The molecule has 0 fully saturated rings. The summed E-state index contributed by atoms with van der Waals surface area (Å²) in [7, 11) is -2.63. The smallest absolute Gasteiger partial charge is 0.337 e. The van der Waals surface area contributed by atoms with Gasteiger partial charge >= 0.3 is 5.97 Å². The number of phenolic OH excluding ortho intramolecular Hbond substituents is 1. The Bertz CT molecular complexity index is 859. The van der Waals surface area contributed by atoms with Crippen molar-refractivity contribution in [3.63, 3.8) is 0 Å². The van der Waals surface area contributed by atoms with Crippen LogP contribution >= 0.6 is 0 Å². The number of aromatic hydroxyl groups is 1. The van der Waals surface area contributed by atoms with E-state index >= 15 is 0 Å². The molecule has 0 aromatic heterocycles. The van der Waals surface area contributed by atoms with E-state index in [1.54, 1.807) is 19.1 Å². The highest BCUT2D eigenvalue weighted by atomic mass is 32.2. The molecule has 0 bridgehead atoms. The average molecular weight is 335 g/mol. The van der Waals surface area contributed by atoms with Crippen LogP contribution in [-0.4, -0.2) is 26.6 Å². The van der Waals surface area contributed by atoms with Crippen molar-refractivity contribution in [3.8, 4) is 5.75 Å². The second-order valence-corrected chi connectivity index (χ2v) is 6.75. The van der Waals surface area contributed by atoms with Gasteiger partial charge in [-0.3, -0.25) is 4.72 Å². The summed E-state index contributed by atoms with van der Waals surface area (Å²) in [5.41, 5.74) is 1.66. The number of phenols is 1. The second-order valence-electron chi connectivity index (χ2n) is 5.10. The van der Waals surface area contributed by atoms with Gasteiger partial charge in [0.25, 0.3) is 10.0 Å². The molecule has 2 N–H and O–H groups in total. The van der Waals surface area contributed by atoms with Crippen LogP contribution in [0.25, 0.3) is 0 Å². The average Bonchev–Trinajstić information content (AvgIpc) is 2.47. The fraction of sp³-hybridized carbons (Fsp3) is 0.188. The van der Waals surface area contributed by atoms with Crippen LogP contribution in [0.4, 0.5) is 5.69 Å². The fourth-order valence-corrected chi connectivity index (χ4v) is 3.47. The summed E-state index contributed by atoms with van der Waals surface area (Å²) < 4.78 is 31.8. The van der Waals surface area contributed by atoms with E-state index in [2.05, 4.69) is 9.46 Å². The lowest BCUT2D eigenvalue weighted by Gasteiger charge is -2.12. The Morgan fingerprint density at radius 2 is 1.83 bits per heavy atom. The third-order valence-electron chi connectivity index (χ3n) is 3.28. The molecule has 7 heteroatoms. The minimum atomic E-state index is -3.85. The molecule has 2 aromatic rings. The summed E-state index contributed by atoms with van der Waals surface area (Å²) in [6, 6.07) is 8.78. The lowest BCUT2D eigenvalue weighted by atomic mass is 10.2. The molecule has 0 heterocycles. The van der Waals surface area contributed by atoms with Gasteiger partial charge in [-0.05, 0) is 43.7 Å². The van der Waals surface area contributed by atoms with Crippen molar-refractivity contribution >= 4 is 21.7 Å². The van der Waals surface area contributed by atoms with Gasteiger partial charge in [0.1, 0.15) is 5.75 Å². The first-order valence-corrected chi connectivity index (χ1v) is 8.24. The molecule has 0 unspecified atom stereocenters. The summed E-state index contributed by atoms with van der Waals surface area (Å²) in [6.45, 7) is 3.57. The quantitative estimate of drug-likeness (QED) is 0.662. The van der Waals surface area contributed by atoms with E-state index < -0.39 is 16.0 Å². The minimum Gasteiger partial charge on any atom is -0.506 e. The molecule has 0 aliphatic heterocycles. The van der Waals surface area contributed by atoms with E-state index in [1.165, 1.54) is 25.3 Å². The highest BCUT2D eigenvalue weighted by molar-refractivity contribution is 7.92. The molecule has 0 radical (unpaired) electrons. The minimum absolute atomic E-state index is 0.0161. The first kappa shape index (κ1) is 16.8. The molecule has 0 aliphatic carbocycles. The van der Waals surface area contributed by atoms with Crippen LogP contribution in [0.5, 0.6) is 5.75 Å². The van der Waals surface area contributed by atoms with Crippen molar-refractivity contribution in [3.05, 3.63) is 53.1 Å². The first-order valence-electron chi connectivity index (χ1n) is 6.76. The zero-order valence-corrected chi connectivity index (χ0v) is 13.8. The standard InChI is InChI=1S/C16H17NO5S/c1-10-4-7-15(11(2)8-10)23(20,21)17-13-6-5-12(9-14(13)18)16(19)22-3/h4-9,17-18H,1-3H3. The van der Waals surface area contributed by atoms with E-state index in [4.69, 9.17) is 0 Å². The third-order valence-corrected chi connectivity index (χ3v) is 4.81. The summed E-state index contributed by atoms with van der Waals surface area (Å²) in [6.07, 6.45) is 0. The molecule has 0 aliphatic rings. The van der Waals surface area contributed by atoms with Gasteiger partial charge in [0.2, 0.25) is 0 Å². The number of ether oxygens (including phenoxy) is 1. The Kier molecular flexibility index (Phi) is 4.60. The van der Waals surface area contributed by atoms with Gasteiger partial charge in [0.05, 0.1) is 23.3 Å². The van der Waals surface area contributed by atoms with E-state index in [0.717, 1.165) is 11.6 Å². The number of sulfonamides is 1. The van der Waals surface area contributed by atoms with Gasteiger partial charge in [-0.1, -0.05) is 17.7 Å². The predicted octanol–water partition coefficient (Wildman–Crippen LogP) is 2.60. The topological polar surface area (TPSA) is 92.7 Å². The van der Waals surface area contributed by atoms with Gasteiger partial charge in [-0.15, -0.1) is 0 Å². The second kappa shape index (κ2) is 6.29. The lowest BCUT2D eigenvalue weighted by Crippen LogP contribution is -2.14. The van der Waals surface area contributed by atoms with Crippen LogP contribution in [0.3, 0.4) is 0 Å². The summed E-state index contributed by atoms with van der Waals surface area (Å²) >= 11 is 0. The Balaban J connectivity index is 2.36. The van der Waals surface area contributed by atoms with Crippen molar-refractivity contribution in [2.75, 3.05) is 11.8 Å². The van der Waals surface area contributed by atoms with Crippen molar-refractivity contribution in [1.29, 1.82) is 0 Å². The van der Waals surface area contributed by atoms with Crippen molar-refractivity contribution in [2.24, 2.45) is 0 Å². The number of methoxy groups -OCH3 is 1. The normalized spacial score (nSPS) is 11.1. The van der Waals surface area contributed by atoms with Gasteiger partial charge < -0.3 is 9.84 Å². The van der Waals surface area contributed by atoms with Gasteiger partial charge in [-0.25, -0.2) is 13.2 Å². The maximum atomic E-state index is 12.4. The number of carbonyl (C=O) groups excluding carboxylic acids is 1. The Hall–Kier alpha value is -2.54. The van der Waals surface area contributed by atoms with Crippen LogP contribution in [-0.2, 0) is 14.8 Å². The fourth-order valence-electron chi connectivity index (χ4n) is 2.16. The van der Waals surface area contributed by atoms with Gasteiger partial charge in [0, 0.05) is 0 Å². The largest absolute Gasteiger partial charge is 0.506 e. The highest BCUT2D eigenvalue weighted by Gasteiger charge is 2.19. The van der Waals surface area contributed by atoms with Crippen LogP contribution < -0.4 is 4.72 Å². The molecule has 23 heavy (non-hydrogen) atoms. The summed E-state index contributed by atoms with van der Waals surface area (Å²) in [5, 5.41) is 9.92. The summed E-state index contributed by atoms with van der Waals surface area (Å²) in [5.74, 6) is -0.981. The first-order chi connectivity index (χ1) is 10.7. The number of aryl methyl sites for hydroxylation is 2. The molecule has 2 aromatic carbocycles. The molecule has 2 rings (SSSR count). The number of hydrogen-bond donors (Lipinski definition) is 2. The van der Waals surface area contributed by atoms with Gasteiger partial charge in [-0.2, -0.15) is 0 Å². The maximum Gasteiger partial charge on any atom is 0.337 e. The zero-order chi connectivity index (χ0) is 17.2. The van der Waals surface area contributed by atoms with E-state index in [9.17, 15) is 18.3 Å². The van der Waals surface area contributed by atoms with Crippen molar-refractivity contribution < 1.29 is 23.1 Å². The van der Waals surface area contributed by atoms with Crippen LogP contribution in [0.15, 0.2) is 41.3 Å². The molecule has 0 atom stereocenters. The molecular weight excluding hydrogens is 318 g/mol. The number of benzene rings is 2. The molecular formula is C16H17NO5S. The molecule has 0 amide bonds. The number of esters is 1. The zero-order valence-electron chi connectivity index (χ0n) is 13.0. The molecule has 0 saturated heterocycles. The SMILES string of the molecule is COC(=O)c1ccc(NS(=O)(=O)c2ccc(C)cc2C)c(O)c1. The summed E-state index contributed by atoms with van der Waals surface area (Å²) in [4.78, 5) is 11.5. The molecule has 0 spiro atoms. The highest BCUT2D eigenvalue weighted by Crippen LogP contribution is 2.28. The number of anilines is 1. The Morgan fingerprint density at radius 1 is 1.13 bits per heavy atom.